The number of nitrogens with zero attached hydrogens (tertiary/aromatic N) is 2. The molecule has 0 bridgehead atoms. The highest BCUT2D eigenvalue weighted by Crippen LogP contribution is 2.22. The molecule has 2 heterocycles. The van der Waals surface area contributed by atoms with Crippen molar-refractivity contribution in [2.24, 2.45) is 0 Å². The molecular formula is C15H16ClN3O3. The minimum atomic E-state index is -0.798. The standard InChI is InChI=1S/C15H16ClN3O3/c16-11-4-2-10(3-5-11)13(20)9-17-14(21)12-8-18-19-6-1-7-22-15(12)19/h2-5,8,13,20H,1,6-7,9H2,(H,17,21). The lowest BCUT2D eigenvalue weighted by Gasteiger charge is -2.16. The van der Waals surface area contributed by atoms with Crippen LogP contribution < -0.4 is 10.1 Å². The molecule has 1 amide bonds. The van der Waals surface area contributed by atoms with Crippen molar-refractivity contribution in [3.8, 4) is 5.88 Å². The van der Waals surface area contributed by atoms with Gasteiger partial charge in [0.15, 0.2) is 0 Å². The van der Waals surface area contributed by atoms with Crippen molar-refractivity contribution < 1.29 is 14.6 Å². The number of carbonyl (C=O) groups excluding carboxylic acids is 1. The maximum atomic E-state index is 12.2. The summed E-state index contributed by atoms with van der Waals surface area (Å²) in [6, 6.07) is 6.85. The van der Waals surface area contributed by atoms with Gasteiger partial charge in [0.25, 0.3) is 5.91 Å². The second kappa shape index (κ2) is 6.37. The number of fused-ring (bicyclic) bond motifs is 1. The fourth-order valence-electron chi connectivity index (χ4n) is 2.31. The number of amides is 1. The van der Waals surface area contributed by atoms with Crippen molar-refractivity contribution in [1.29, 1.82) is 0 Å². The first-order chi connectivity index (χ1) is 10.6. The average Bonchev–Trinajstić information content (AvgIpc) is 2.97. The number of aliphatic hydroxyl groups excluding tert-OH is 1. The van der Waals surface area contributed by atoms with Gasteiger partial charge in [-0.2, -0.15) is 5.10 Å². The normalized spacial score (nSPS) is 14.8. The molecule has 0 saturated heterocycles. The molecule has 0 fully saturated rings. The SMILES string of the molecule is O=C(NCC(O)c1ccc(Cl)cc1)c1cnn2c1OCCC2. The fourth-order valence-corrected chi connectivity index (χ4v) is 2.44. The first-order valence-electron chi connectivity index (χ1n) is 7.05. The van der Waals surface area contributed by atoms with Gasteiger partial charge >= 0.3 is 0 Å². The van der Waals surface area contributed by atoms with E-state index in [-0.39, 0.29) is 12.5 Å². The van der Waals surface area contributed by atoms with Crippen molar-refractivity contribution in [2.45, 2.75) is 19.1 Å². The number of benzene rings is 1. The molecule has 1 aliphatic heterocycles. The van der Waals surface area contributed by atoms with Crippen LogP contribution in [0.3, 0.4) is 0 Å². The Balaban J connectivity index is 1.62. The number of carbonyl (C=O) groups is 1. The van der Waals surface area contributed by atoms with E-state index in [9.17, 15) is 9.90 Å². The van der Waals surface area contributed by atoms with Crippen LogP contribution in [0, 0.1) is 0 Å². The van der Waals surface area contributed by atoms with Crippen molar-refractivity contribution in [3.63, 3.8) is 0 Å². The summed E-state index contributed by atoms with van der Waals surface area (Å²) in [5, 5.41) is 17.5. The number of halogens is 1. The lowest BCUT2D eigenvalue weighted by Crippen LogP contribution is -2.29. The van der Waals surface area contributed by atoms with Crippen molar-refractivity contribution >= 4 is 17.5 Å². The quantitative estimate of drug-likeness (QED) is 0.900. The number of aliphatic hydroxyl groups is 1. The maximum Gasteiger partial charge on any atom is 0.258 e. The Bertz CT molecular complexity index is 669. The van der Waals surface area contributed by atoms with Crippen molar-refractivity contribution in [3.05, 3.63) is 46.6 Å². The van der Waals surface area contributed by atoms with Crippen LogP contribution in [0.25, 0.3) is 0 Å². The Morgan fingerprint density at radius 1 is 1.45 bits per heavy atom. The topological polar surface area (TPSA) is 76.4 Å². The zero-order valence-corrected chi connectivity index (χ0v) is 12.6. The number of nitrogens with one attached hydrogen (secondary N) is 1. The van der Waals surface area contributed by atoms with Gasteiger partial charge in [-0.05, 0) is 17.7 Å². The molecule has 7 heteroatoms. The van der Waals surface area contributed by atoms with Crippen LogP contribution in [0.15, 0.2) is 30.5 Å². The molecule has 116 valence electrons. The van der Waals surface area contributed by atoms with Gasteiger partial charge < -0.3 is 15.2 Å². The minimum absolute atomic E-state index is 0.102. The lowest BCUT2D eigenvalue weighted by atomic mass is 10.1. The van der Waals surface area contributed by atoms with E-state index in [0.717, 1.165) is 13.0 Å². The molecule has 1 aromatic heterocycles. The van der Waals surface area contributed by atoms with E-state index < -0.39 is 6.10 Å². The molecule has 1 aromatic carbocycles. The smallest absolute Gasteiger partial charge is 0.258 e. The van der Waals surface area contributed by atoms with E-state index in [1.807, 2.05) is 0 Å². The number of hydrogen-bond donors (Lipinski definition) is 2. The molecular weight excluding hydrogens is 306 g/mol. The second-order valence-electron chi connectivity index (χ2n) is 5.07. The van der Waals surface area contributed by atoms with Gasteiger partial charge in [0, 0.05) is 24.5 Å². The minimum Gasteiger partial charge on any atom is -0.477 e. The van der Waals surface area contributed by atoms with Crippen LogP contribution in [-0.2, 0) is 6.54 Å². The van der Waals surface area contributed by atoms with E-state index in [4.69, 9.17) is 16.3 Å². The molecule has 0 spiro atoms. The molecule has 2 aromatic rings. The monoisotopic (exact) mass is 321 g/mol. The first kappa shape index (κ1) is 14.9. The third kappa shape index (κ3) is 3.08. The van der Waals surface area contributed by atoms with Crippen LogP contribution in [0.1, 0.15) is 28.4 Å². The summed E-state index contributed by atoms with van der Waals surface area (Å²) in [6.07, 6.45) is 1.57. The van der Waals surface area contributed by atoms with E-state index in [1.165, 1.54) is 6.20 Å². The molecule has 0 saturated carbocycles. The Morgan fingerprint density at radius 3 is 3.00 bits per heavy atom. The van der Waals surface area contributed by atoms with Crippen LogP contribution >= 0.6 is 11.6 Å². The summed E-state index contributed by atoms with van der Waals surface area (Å²) in [4.78, 5) is 12.2. The number of hydrogen-bond acceptors (Lipinski definition) is 4. The van der Waals surface area contributed by atoms with Gasteiger partial charge in [-0.25, -0.2) is 4.68 Å². The van der Waals surface area contributed by atoms with Crippen LogP contribution in [0.4, 0.5) is 0 Å². The predicted molar refractivity (Wildman–Crippen MR) is 81.1 cm³/mol. The molecule has 6 nitrogen and oxygen atoms in total. The first-order valence-corrected chi connectivity index (χ1v) is 7.43. The van der Waals surface area contributed by atoms with Crippen molar-refractivity contribution in [2.75, 3.05) is 13.2 Å². The zero-order valence-electron chi connectivity index (χ0n) is 11.8. The van der Waals surface area contributed by atoms with Gasteiger partial charge in [-0.1, -0.05) is 23.7 Å². The summed E-state index contributed by atoms with van der Waals surface area (Å²) in [6.45, 7) is 1.43. The summed E-state index contributed by atoms with van der Waals surface area (Å²) in [5.41, 5.74) is 1.08. The van der Waals surface area contributed by atoms with Gasteiger partial charge in [-0.3, -0.25) is 4.79 Å². The highest BCUT2D eigenvalue weighted by Gasteiger charge is 2.22. The highest BCUT2D eigenvalue weighted by molar-refractivity contribution is 6.30. The second-order valence-corrected chi connectivity index (χ2v) is 5.50. The molecule has 0 aliphatic carbocycles. The summed E-state index contributed by atoms with van der Waals surface area (Å²) in [5.74, 6) is 0.181. The third-order valence-corrected chi connectivity index (χ3v) is 3.75. The molecule has 2 N–H and O–H groups in total. The van der Waals surface area contributed by atoms with Gasteiger partial charge in [0.05, 0.1) is 18.9 Å². The molecule has 1 unspecified atom stereocenters. The number of aryl methyl sites for hydroxylation is 1. The fraction of sp³-hybridized carbons (Fsp3) is 0.333. The molecule has 1 aliphatic rings. The Labute approximate surface area is 132 Å². The molecule has 22 heavy (non-hydrogen) atoms. The van der Waals surface area contributed by atoms with Gasteiger partial charge in [0.1, 0.15) is 5.56 Å². The number of rotatable bonds is 4. The van der Waals surface area contributed by atoms with Crippen LogP contribution in [-0.4, -0.2) is 33.9 Å². The molecule has 1 atom stereocenters. The summed E-state index contributed by atoms with van der Waals surface area (Å²) >= 11 is 5.80. The number of aromatic nitrogens is 2. The van der Waals surface area contributed by atoms with Gasteiger partial charge in [0.2, 0.25) is 5.88 Å². The van der Waals surface area contributed by atoms with E-state index >= 15 is 0 Å². The predicted octanol–water partition coefficient (Wildman–Crippen LogP) is 1.78. The Morgan fingerprint density at radius 2 is 2.23 bits per heavy atom. The van der Waals surface area contributed by atoms with E-state index in [0.29, 0.717) is 28.6 Å². The van der Waals surface area contributed by atoms with E-state index in [2.05, 4.69) is 10.4 Å². The van der Waals surface area contributed by atoms with E-state index in [1.54, 1.807) is 28.9 Å². The number of ether oxygens (including phenoxy) is 1. The van der Waals surface area contributed by atoms with Crippen LogP contribution in [0.2, 0.25) is 5.02 Å². The molecule has 3 rings (SSSR count). The summed E-state index contributed by atoms with van der Waals surface area (Å²) in [7, 11) is 0. The average molecular weight is 322 g/mol. The van der Waals surface area contributed by atoms with Gasteiger partial charge in [-0.15, -0.1) is 0 Å². The highest BCUT2D eigenvalue weighted by atomic mass is 35.5. The maximum absolute atomic E-state index is 12.2. The Kier molecular flexibility index (Phi) is 4.31. The Hall–Kier alpha value is -2.05. The zero-order chi connectivity index (χ0) is 15.5. The van der Waals surface area contributed by atoms with Crippen molar-refractivity contribution in [1.82, 2.24) is 15.1 Å². The lowest BCUT2D eigenvalue weighted by molar-refractivity contribution is 0.0910. The third-order valence-electron chi connectivity index (χ3n) is 3.50. The molecule has 0 radical (unpaired) electrons. The summed E-state index contributed by atoms with van der Waals surface area (Å²) < 4.78 is 7.16. The van der Waals surface area contributed by atoms with Crippen LogP contribution in [0.5, 0.6) is 5.88 Å². The largest absolute Gasteiger partial charge is 0.477 e.